The summed E-state index contributed by atoms with van der Waals surface area (Å²) in [7, 11) is 0. The third-order valence-electron chi connectivity index (χ3n) is 2.14. The van der Waals surface area contributed by atoms with Gasteiger partial charge >= 0.3 is 11.8 Å². The highest BCUT2D eigenvalue weighted by Gasteiger charge is 2.06. The average Bonchev–Trinajstić information content (AvgIpc) is 2.56. The molecule has 0 unspecified atom stereocenters. The maximum atomic E-state index is 11.8. The number of aromatic nitrogens is 3. The number of hydrogen-bond acceptors (Lipinski definition) is 3. The van der Waals surface area contributed by atoms with E-state index >= 15 is 0 Å². The van der Waals surface area contributed by atoms with Crippen molar-refractivity contribution in [2.45, 2.75) is 6.54 Å². The first-order chi connectivity index (χ1) is 8.08. The third-order valence-corrected chi connectivity index (χ3v) is 2.36. The fourth-order valence-electron chi connectivity index (χ4n) is 1.41. The number of carboxylic acid groups (broad SMARTS) is 1. The fourth-order valence-corrected chi connectivity index (χ4v) is 1.57. The molecule has 0 aliphatic rings. The summed E-state index contributed by atoms with van der Waals surface area (Å²) >= 11 is 5.76. The Hall–Kier alpha value is -2.02. The SMILES string of the molecule is O=C(O)NCCn1nc2ccc(Cl)cn2c1=O. The van der Waals surface area contributed by atoms with Crippen molar-refractivity contribution in [3.05, 3.63) is 33.8 Å². The second-order valence-corrected chi connectivity index (χ2v) is 3.75. The van der Waals surface area contributed by atoms with Crippen LogP contribution in [0.4, 0.5) is 4.79 Å². The first-order valence-corrected chi connectivity index (χ1v) is 5.17. The van der Waals surface area contributed by atoms with Crippen LogP contribution in [0, 0.1) is 0 Å². The summed E-state index contributed by atoms with van der Waals surface area (Å²) < 4.78 is 2.49. The van der Waals surface area contributed by atoms with Gasteiger partial charge in [0, 0.05) is 12.7 Å². The molecule has 2 heterocycles. The van der Waals surface area contributed by atoms with Crippen LogP contribution in [0.3, 0.4) is 0 Å². The largest absolute Gasteiger partial charge is 0.465 e. The van der Waals surface area contributed by atoms with Crippen molar-refractivity contribution in [1.82, 2.24) is 19.5 Å². The van der Waals surface area contributed by atoms with Gasteiger partial charge in [-0.3, -0.25) is 0 Å². The molecule has 0 fully saturated rings. The molecule has 0 spiro atoms. The van der Waals surface area contributed by atoms with Crippen molar-refractivity contribution < 1.29 is 9.90 Å². The number of carbonyl (C=O) groups is 1. The molecular formula is C9H9ClN4O3. The summed E-state index contributed by atoms with van der Waals surface area (Å²) in [5.41, 5.74) is 0.115. The summed E-state index contributed by atoms with van der Waals surface area (Å²) in [5.74, 6) is 0. The molecule has 2 rings (SSSR count). The Bertz CT molecular complexity index is 618. The molecule has 1 amide bonds. The van der Waals surface area contributed by atoms with Crippen LogP contribution in [0.5, 0.6) is 0 Å². The molecule has 0 aromatic carbocycles. The van der Waals surface area contributed by atoms with E-state index in [0.717, 1.165) is 0 Å². The van der Waals surface area contributed by atoms with Crippen LogP contribution >= 0.6 is 11.6 Å². The lowest BCUT2D eigenvalue weighted by molar-refractivity contribution is 0.194. The van der Waals surface area contributed by atoms with E-state index in [-0.39, 0.29) is 18.8 Å². The molecule has 0 saturated carbocycles. The van der Waals surface area contributed by atoms with Gasteiger partial charge in [-0.1, -0.05) is 11.6 Å². The second-order valence-electron chi connectivity index (χ2n) is 3.31. The summed E-state index contributed by atoms with van der Waals surface area (Å²) in [6.07, 6.45) is 0.331. The number of halogens is 1. The molecule has 90 valence electrons. The summed E-state index contributed by atoms with van der Waals surface area (Å²) in [5, 5.41) is 15.0. The van der Waals surface area contributed by atoms with Gasteiger partial charge < -0.3 is 10.4 Å². The maximum Gasteiger partial charge on any atom is 0.404 e. The predicted molar refractivity (Wildman–Crippen MR) is 60.5 cm³/mol. The van der Waals surface area contributed by atoms with Crippen molar-refractivity contribution in [1.29, 1.82) is 0 Å². The molecule has 2 N–H and O–H groups in total. The maximum absolute atomic E-state index is 11.8. The highest BCUT2D eigenvalue weighted by atomic mass is 35.5. The highest BCUT2D eigenvalue weighted by Crippen LogP contribution is 2.07. The molecule has 2 aromatic heterocycles. The molecule has 0 radical (unpaired) electrons. The molecule has 0 aliphatic heterocycles. The zero-order valence-corrected chi connectivity index (χ0v) is 9.39. The van der Waals surface area contributed by atoms with Crippen molar-refractivity contribution in [3.8, 4) is 0 Å². The van der Waals surface area contributed by atoms with E-state index in [1.807, 2.05) is 0 Å². The van der Waals surface area contributed by atoms with Gasteiger partial charge in [0.25, 0.3) is 0 Å². The highest BCUT2D eigenvalue weighted by molar-refractivity contribution is 6.30. The Kier molecular flexibility index (Phi) is 3.01. The molecule has 8 heteroatoms. The average molecular weight is 257 g/mol. The number of pyridine rings is 1. The lowest BCUT2D eigenvalue weighted by Crippen LogP contribution is -2.30. The van der Waals surface area contributed by atoms with Crippen LogP contribution in [-0.4, -0.2) is 31.9 Å². The van der Waals surface area contributed by atoms with Crippen molar-refractivity contribution >= 4 is 23.3 Å². The van der Waals surface area contributed by atoms with Gasteiger partial charge in [-0.05, 0) is 12.1 Å². The Balaban J connectivity index is 2.27. The fraction of sp³-hybridized carbons (Fsp3) is 0.222. The van der Waals surface area contributed by atoms with E-state index in [9.17, 15) is 9.59 Å². The predicted octanol–water partition coefficient (Wildman–Crippen LogP) is 0.417. The number of nitrogens with zero attached hydrogens (tertiary/aromatic N) is 3. The lowest BCUT2D eigenvalue weighted by atomic mass is 10.5. The van der Waals surface area contributed by atoms with Crippen molar-refractivity contribution in [3.63, 3.8) is 0 Å². The molecule has 0 atom stereocenters. The lowest BCUT2D eigenvalue weighted by Gasteiger charge is -1.98. The standard InChI is InChI=1S/C9H9ClN4O3/c10-6-1-2-7-12-14(4-3-11-8(15)16)9(17)13(7)5-6/h1-2,5,11H,3-4H2,(H,15,16). The van der Waals surface area contributed by atoms with Gasteiger partial charge in [-0.15, -0.1) is 5.10 Å². The van der Waals surface area contributed by atoms with Crippen molar-refractivity contribution in [2.75, 3.05) is 6.54 Å². The summed E-state index contributed by atoms with van der Waals surface area (Å²) in [4.78, 5) is 22.0. The van der Waals surface area contributed by atoms with Crippen LogP contribution in [0.2, 0.25) is 5.02 Å². The normalized spacial score (nSPS) is 10.6. The molecule has 0 bridgehead atoms. The van der Waals surface area contributed by atoms with Crippen molar-refractivity contribution in [2.24, 2.45) is 0 Å². The monoisotopic (exact) mass is 256 g/mol. The zero-order chi connectivity index (χ0) is 12.4. The zero-order valence-electron chi connectivity index (χ0n) is 8.63. The number of hydrogen-bond donors (Lipinski definition) is 2. The topological polar surface area (TPSA) is 88.6 Å². The molecule has 2 aromatic rings. The van der Waals surface area contributed by atoms with Crippen LogP contribution in [0.1, 0.15) is 0 Å². The van der Waals surface area contributed by atoms with E-state index < -0.39 is 6.09 Å². The molecule has 7 nitrogen and oxygen atoms in total. The summed E-state index contributed by atoms with van der Waals surface area (Å²) in [6, 6.07) is 3.24. The molecule has 0 saturated heterocycles. The van der Waals surface area contributed by atoms with Gasteiger partial charge in [0.2, 0.25) is 0 Å². The number of nitrogens with one attached hydrogen (secondary N) is 1. The first kappa shape index (κ1) is 11.5. The smallest absolute Gasteiger partial charge is 0.404 e. The van der Waals surface area contributed by atoms with Crippen LogP contribution < -0.4 is 11.0 Å². The van der Waals surface area contributed by atoms with Gasteiger partial charge in [-0.25, -0.2) is 18.7 Å². The minimum atomic E-state index is -1.13. The summed E-state index contributed by atoms with van der Waals surface area (Å²) in [6.45, 7) is 0.289. The molecule has 0 aliphatic carbocycles. The van der Waals surface area contributed by atoms with Crippen LogP contribution in [0.25, 0.3) is 5.65 Å². The van der Waals surface area contributed by atoms with Gasteiger partial charge in [0.15, 0.2) is 5.65 Å². The molecular weight excluding hydrogens is 248 g/mol. The van der Waals surface area contributed by atoms with E-state index in [2.05, 4.69) is 10.4 Å². The number of fused-ring (bicyclic) bond motifs is 1. The van der Waals surface area contributed by atoms with E-state index in [0.29, 0.717) is 10.7 Å². The Labute approximate surface area is 100 Å². The Morgan fingerprint density at radius 2 is 2.29 bits per heavy atom. The second kappa shape index (κ2) is 4.46. The third kappa shape index (κ3) is 2.39. The van der Waals surface area contributed by atoms with E-state index in [1.54, 1.807) is 12.1 Å². The van der Waals surface area contributed by atoms with Gasteiger partial charge in [0.1, 0.15) is 0 Å². The van der Waals surface area contributed by atoms with Gasteiger partial charge in [-0.2, -0.15) is 0 Å². The number of amides is 1. The number of rotatable bonds is 3. The molecule has 17 heavy (non-hydrogen) atoms. The quantitative estimate of drug-likeness (QED) is 0.833. The van der Waals surface area contributed by atoms with E-state index in [1.165, 1.54) is 15.3 Å². The van der Waals surface area contributed by atoms with Crippen LogP contribution in [0.15, 0.2) is 23.1 Å². The van der Waals surface area contributed by atoms with Gasteiger partial charge in [0.05, 0.1) is 11.6 Å². The minimum absolute atomic E-state index is 0.118. The Morgan fingerprint density at radius 3 is 3.00 bits per heavy atom. The van der Waals surface area contributed by atoms with E-state index in [4.69, 9.17) is 16.7 Å². The Morgan fingerprint density at radius 1 is 1.53 bits per heavy atom. The first-order valence-electron chi connectivity index (χ1n) is 4.79. The van der Waals surface area contributed by atoms with Crippen LogP contribution in [-0.2, 0) is 6.54 Å². The minimum Gasteiger partial charge on any atom is -0.465 e.